The summed E-state index contributed by atoms with van der Waals surface area (Å²) in [6, 6.07) is 8.26. The van der Waals surface area contributed by atoms with Crippen LogP contribution in [0.25, 0.3) is 10.9 Å². The molecule has 0 bridgehead atoms. The van der Waals surface area contributed by atoms with Gasteiger partial charge in [0.2, 0.25) is 5.95 Å². The SMILES string of the molecule is C[C@@H](O)CN1CCN(c2nc(N3CCN(C[C@@H](C)O)CC3)c3ccccc3n2)CC1. The summed E-state index contributed by atoms with van der Waals surface area (Å²) in [6.07, 6.45) is -0.594. The zero-order valence-corrected chi connectivity index (χ0v) is 18.1. The van der Waals surface area contributed by atoms with Gasteiger partial charge in [-0.25, -0.2) is 4.98 Å². The van der Waals surface area contributed by atoms with E-state index in [-0.39, 0.29) is 12.2 Å². The van der Waals surface area contributed by atoms with Gasteiger partial charge in [-0.2, -0.15) is 4.98 Å². The maximum atomic E-state index is 9.68. The number of aliphatic hydroxyl groups excluding tert-OH is 2. The van der Waals surface area contributed by atoms with E-state index in [4.69, 9.17) is 9.97 Å². The summed E-state index contributed by atoms with van der Waals surface area (Å²) in [6.45, 7) is 12.3. The molecule has 0 unspecified atom stereocenters. The van der Waals surface area contributed by atoms with Crippen LogP contribution in [0.15, 0.2) is 24.3 Å². The van der Waals surface area contributed by atoms with Gasteiger partial charge in [0, 0.05) is 70.8 Å². The fraction of sp³-hybridized carbons (Fsp3) is 0.636. The molecule has 0 saturated carbocycles. The molecule has 4 rings (SSSR count). The lowest BCUT2D eigenvalue weighted by atomic mass is 10.2. The third-order valence-electron chi connectivity index (χ3n) is 5.94. The van der Waals surface area contributed by atoms with Crippen LogP contribution >= 0.6 is 0 Å². The van der Waals surface area contributed by atoms with Crippen molar-refractivity contribution < 1.29 is 10.2 Å². The second-order valence-electron chi connectivity index (χ2n) is 8.64. The van der Waals surface area contributed by atoms with Crippen molar-refractivity contribution in [1.82, 2.24) is 19.8 Å². The standard InChI is InChI=1S/C22H34N6O2/c1-17(29)15-25-7-11-27(12-8-25)21-19-5-3-4-6-20(19)23-22(24-21)28-13-9-26(10-14-28)16-18(2)30/h3-6,17-18,29-30H,7-16H2,1-2H3/t17-,18-/m1/s1. The summed E-state index contributed by atoms with van der Waals surface area (Å²) >= 11 is 0. The van der Waals surface area contributed by atoms with Gasteiger partial charge in [0.15, 0.2) is 0 Å². The van der Waals surface area contributed by atoms with E-state index in [2.05, 4.69) is 31.7 Å². The van der Waals surface area contributed by atoms with Crippen LogP contribution < -0.4 is 9.80 Å². The molecule has 1 aromatic heterocycles. The number of benzene rings is 1. The molecule has 3 heterocycles. The molecule has 2 atom stereocenters. The number of β-amino-alcohol motifs (C(OH)–C–C–N with tert-alkyl or cyclic N) is 2. The molecule has 0 radical (unpaired) electrons. The number of fused-ring (bicyclic) bond motifs is 1. The Morgan fingerprint density at radius 2 is 1.30 bits per heavy atom. The molecule has 2 aliphatic heterocycles. The Hall–Kier alpha value is -2.00. The van der Waals surface area contributed by atoms with E-state index >= 15 is 0 Å². The number of aromatic nitrogens is 2. The molecule has 8 nitrogen and oxygen atoms in total. The predicted octanol–water partition coefficient (Wildman–Crippen LogP) is 0.635. The Labute approximate surface area is 178 Å². The van der Waals surface area contributed by atoms with Crippen LogP contribution in [0.1, 0.15) is 13.8 Å². The molecule has 164 valence electrons. The number of nitrogens with zero attached hydrogens (tertiary/aromatic N) is 6. The van der Waals surface area contributed by atoms with E-state index in [1.165, 1.54) is 0 Å². The molecule has 1 aromatic carbocycles. The van der Waals surface area contributed by atoms with Crippen molar-refractivity contribution in [3.63, 3.8) is 0 Å². The van der Waals surface area contributed by atoms with Gasteiger partial charge in [-0.3, -0.25) is 9.80 Å². The minimum Gasteiger partial charge on any atom is -0.392 e. The number of hydrogen-bond donors (Lipinski definition) is 2. The van der Waals surface area contributed by atoms with Gasteiger partial charge < -0.3 is 20.0 Å². The van der Waals surface area contributed by atoms with E-state index in [1.54, 1.807) is 0 Å². The van der Waals surface area contributed by atoms with Gasteiger partial charge in [0.25, 0.3) is 0 Å². The van der Waals surface area contributed by atoms with Gasteiger partial charge >= 0.3 is 0 Å². The topological polar surface area (TPSA) is 79.2 Å². The maximum Gasteiger partial charge on any atom is 0.227 e. The second kappa shape index (κ2) is 9.43. The number of piperazine rings is 2. The van der Waals surface area contributed by atoms with E-state index in [0.717, 1.165) is 81.6 Å². The van der Waals surface area contributed by atoms with Gasteiger partial charge in [0.1, 0.15) is 5.82 Å². The average Bonchev–Trinajstić information content (AvgIpc) is 2.73. The molecule has 2 aromatic rings. The fourth-order valence-electron chi connectivity index (χ4n) is 4.45. The Kier molecular flexibility index (Phi) is 6.67. The smallest absolute Gasteiger partial charge is 0.227 e. The van der Waals surface area contributed by atoms with Crippen molar-refractivity contribution in [2.45, 2.75) is 26.1 Å². The van der Waals surface area contributed by atoms with Crippen molar-refractivity contribution in [2.75, 3.05) is 75.2 Å². The normalized spacial score (nSPS) is 21.2. The lowest BCUT2D eigenvalue weighted by Crippen LogP contribution is -2.49. The number of aliphatic hydroxyl groups is 2. The molecule has 2 N–H and O–H groups in total. The second-order valence-corrected chi connectivity index (χ2v) is 8.64. The Morgan fingerprint density at radius 3 is 1.87 bits per heavy atom. The molecule has 0 aliphatic carbocycles. The molecular weight excluding hydrogens is 380 g/mol. The highest BCUT2D eigenvalue weighted by molar-refractivity contribution is 5.90. The minimum absolute atomic E-state index is 0.296. The van der Waals surface area contributed by atoms with Crippen molar-refractivity contribution in [3.8, 4) is 0 Å². The fourth-order valence-corrected chi connectivity index (χ4v) is 4.45. The maximum absolute atomic E-state index is 9.68. The Morgan fingerprint density at radius 1 is 0.767 bits per heavy atom. The number of hydrogen-bond acceptors (Lipinski definition) is 8. The largest absolute Gasteiger partial charge is 0.392 e. The minimum atomic E-state index is -0.299. The zero-order valence-electron chi connectivity index (χ0n) is 18.1. The number of para-hydroxylation sites is 1. The number of anilines is 2. The number of rotatable bonds is 6. The molecule has 0 spiro atoms. The first kappa shape index (κ1) is 21.2. The third kappa shape index (κ3) is 5.00. The summed E-state index contributed by atoms with van der Waals surface area (Å²) in [5.41, 5.74) is 0.982. The van der Waals surface area contributed by atoms with Crippen molar-refractivity contribution in [2.24, 2.45) is 0 Å². The van der Waals surface area contributed by atoms with Crippen LogP contribution in [0.3, 0.4) is 0 Å². The predicted molar refractivity (Wildman–Crippen MR) is 120 cm³/mol. The highest BCUT2D eigenvalue weighted by Crippen LogP contribution is 2.28. The molecular formula is C22H34N6O2. The van der Waals surface area contributed by atoms with Crippen LogP contribution in [0, 0.1) is 0 Å². The molecule has 8 heteroatoms. The first-order valence-corrected chi connectivity index (χ1v) is 11.1. The summed E-state index contributed by atoms with van der Waals surface area (Å²) < 4.78 is 0. The highest BCUT2D eigenvalue weighted by atomic mass is 16.3. The molecule has 2 saturated heterocycles. The van der Waals surface area contributed by atoms with Gasteiger partial charge in [-0.1, -0.05) is 12.1 Å². The first-order valence-electron chi connectivity index (χ1n) is 11.1. The Bertz CT molecular complexity index is 829. The van der Waals surface area contributed by atoms with E-state index < -0.39 is 0 Å². The van der Waals surface area contributed by atoms with Crippen molar-refractivity contribution in [3.05, 3.63) is 24.3 Å². The van der Waals surface area contributed by atoms with E-state index in [9.17, 15) is 10.2 Å². The summed E-state index contributed by atoms with van der Waals surface area (Å²) in [5.74, 6) is 1.81. The lowest BCUT2D eigenvalue weighted by Gasteiger charge is -2.38. The van der Waals surface area contributed by atoms with Crippen LogP contribution in [0.2, 0.25) is 0 Å². The summed E-state index contributed by atoms with van der Waals surface area (Å²) in [5, 5.41) is 20.4. The van der Waals surface area contributed by atoms with Crippen molar-refractivity contribution in [1.29, 1.82) is 0 Å². The van der Waals surface area contributed by atoms with Crippen molar-refractivity contribution >= 4 is 22.7 Å². The Balaban J connectivity index is 1.52. The zero-order chi connectivity index (χ0) is 21.1. The third-order valence-corrected chi connectivity index (χ3v) is 5.94. The first-order chi connectivity index (χ1) is 14.5. The van der Waals surface area contributed by atoms with Crippen LogP contribution in [-0.4, -0.2) is 108 Å². The van der Waals surface area contributed by atoms with Crippen LogP contribution in [0.5, 0.6) is 0 Å². The van der Waals surface area contributed by atoms with Gasteiger partial charge in [0.05, 0.1) is 17.7 Å². The monoisotopic (exact) mass is 414 g/mol. The van der Waals surface area contributed by atoms with Crippen LogP contribution in [0.4, 0.5) is 11.8 Å². The average molecular weight is 415 g/mol. The summed E-state index contributed by atoms with van der Waals surface area (Å²) in [7, 11) is 0. The summed E-state index contributed by atoms with van der Waals surface area (Å²) in [4.78, 5) is 19.1. The molecule has 0 amide bonds. The van der Waals surface area contributed by atoms with Gasteiger partial charge in [-0.15, -0.1) is 0 Å². The van der Waals surface area contributed by atoms with E-state index in [1.807, 2.05) is 26.0 Å². The molecule has 2 aliphatic rings. The van der Waals surface area contributed by atoms with Crippen LogP contribution in [-0.2, 0) is 0 Å². The molecule has 2 fully saturated rings. The van der Waals surface area contributed by atoms with E-state index in [0.29, 0.717) is 6.54 Å². The highest BCUT2D eigenvalue weighted by Gasteiger charge is 2.24. The molecule has 30 heavy (non-hydrogen) atoms. The lowest BCUT2D eigenvalue weighted by molar-refractivity contribution is 0.122. The van der Waals surface area contributed by atoms with Gasteiger partial charge in [-0.05, 0) is 26.0 Å². The quantitative estimate of drug-likeness (QED) is 0.713.